The first-order valence-corrected chi connectivity index (χ1v) is 8.77. The van der Waals surface area contributed by atoms with E-state index in [0.29, 0.717) is 38.5 Å². The summed E-state index contributed by atoms with van der Waals surface area (Å²) in [5.74, 6) is -0.562. The summed E-state index contributed by atoms with van der Waals surface area (Å²) < 4.78 is 18.2. The van der Waals surface area contributed by atoms with Crippen molar-refractivity contribution in [3.63, 3.8) is 0 Å². The Kier molecular flexibility index (Phi) is 7.66. The summed E-state index contributed by atoms with van der Waals surface area (Å²) in [5, 5.41) is 5.64. The first-order chi connectivity index (χ1) is 12.1. The van der Waals surface area contributed by atoms with E-state index >= 15 is 0 Å². The van der Waals surface area contributed by atoms with Crippen LogP contribution < -0.4 is 10.6 Å². The standard InChI is InChI=1S/C18H26FN3O3/c1-2-25-12-4-10-20-17(23)14-5-3-11-22(13-14)18(24)21-16-8-6-15(19)7-9-16/h6-9,14H,2-5,10-13H2,1H3,(H,20,23)(H,21,24). The van der Waals surface area contributed by atoms with Gasteiger partial charge in [-0.1, -0.05) is 0 Å². The van der Waals surface area contributed by atoms with E-state index in [9.17, 15) is 14.0 Å². The molecule has 0 saturated carbocycles. The quantitative estimate of drug-likeness (QED) is 0.742. The number of halogens is 1. The van der Waals surface area contributed by atoms with Crippen LogP contribution in [0.5, 0.6) is 0 Å². The topological polar surface area (TPSA) is 70.7 Å². The zero-order valence-corrected chi connectivity index (χ0v) is 14.6. The summed E-state index contributed by atoms with van der Waals surface area (Å²) in [4.78, 5) is 26.2. The van der Waals surface area contributed by atoms with Crippen molar-refractivity contribution in [2.45, 2.75) is 26.2 Å². The average Bonchev–Trinajstić information content (AvgIpc) is 2.63. The molecule has 1 heterocycles. The van der Waals surface area contributed by atoms with Gasteiger partial charge in [-0.2, -0.15) is 0 Å². The van der Waals surface area contributed by atoms with E-state index in [1.807, 2.05) is 6.92 Å². The highest BCUT2D eigenvalue weighted by atomic mass is 19.1. The highest BCUT2D eigenvalue weighted by Crippen LogP contribution is 2.18. The lowest BCUT2D eigenvalue weighted by Gasteiger charge is -2.32. The average molecular weight is 351 g/mol. The van der Waals surface area contributed by atoms with Gasteiger partial charge >= 0.3 is 6.03 Å². The fourth-order valence-electron chi connectivity index (χ4n) is 2.79. The van der Waals surface area contributed by atoms with Crippen LogP contribution in [0.15, 0.2) is 24.3 Å². The second kappa shape index (κ2) is 9.98. The number of likely N-dealkylation sites (tertiary alicyclic amines) is 1. The Hall–Kier alpha value is -2.15. The number of hydrogen-bond donors (Lipinski definition) is 2. The van der Waals surface area contributed by atoms with E-state index in [0.717, 1.165) is 19.3 Å². The molecule has 1 aromatic rings. The van der Waals surface area contributed by atoms with Crippen molar-refractivity contribution in [1.29, 1.82) is 0 Å². The predicted octanol–water partition coefficient (Wildman–Crippen LogP) is 2.61. The monoisotopic (exact) mass is 351 g/mol. The molecule has 0 bridgehead atoms. The summed E-state index contributed by atoms with van der Waals surface area (Å²) in [6.07, 6.45) is 2.34. The minimum Gasteiger partial charge on any atom is -0.382 e. The summed E-state index contributed by atoms with van der Waals surface area (Å²) in [6, 6.07) is 5.36. The molecule has 1 fully saturated rings. The van der Waals surface area contributed by atoms with Crippen LogP contribution in [-0.2, 0) is 9.53 Å². The molecule has 3 amide bonds. The molecule has 0 radical (unpaired) electrons. The molecule has 138 valence electrons. The minimum atomic E-state index is -0.350. The lowest BCUT2D eigenvalue weighted by atomic mass is 9.97. The molecule has 1 unspecified atom stereocenters. The number of nitrogens with one attached hydrogen (secondary N) is 2. The van der Waals surface area contributed by atoms with Crippen molar-refractivity contribution in [3.8, 4) is 0 Å². The Labute approximate surface area is 147 Å². The number of rotatable bonds is 7. The first-order valence-electron chi connectivity index (χ1n) is 8.77. The van der Waals surface area contributed by atoms with Gasteiger partial charge < -0.3 is 20.3 Å². The lowest BCUT2D eigenvalue weighted by molar-refractivity contribution is -0.126. The Morgan fingerprint density at radius 1 is 1.32 bits per heavy atom. The Balaban J connectivity index is 1.78. The number of piperidine rings is 1. The number of benzene rings is 1. The van der Waals surface area contributed by atoms with E-state index in [1.165, 1.54) is 24.3 Å². The Bertz CT molecular complexity index is 565. The smallest absolute Gasteiger partial charge is 0.321 e. The molecular weight excluding hydrogens is 325 g/mol. The van der Waals surface area contributed by atoms with Gasteiger partial charge in [-0.25, -0.2) is 9.18 Å². The van der Waals surface area contributed by atoms with Crippen LogP contribution in [0.1, 0.15) is 26.2 Å². The number of ether oxygens (including phenoxy) is 1. The maximum Gasteiger partial charge on any atom is 0.321 e. The van der Waals surface area contributed by atoms with Gasteiger partial charge in [0.2, 0.25) is 5.91 Å². The van der Waals surface area contributed by atoms with Gasteiger partial charge in [0.05, 0.1) is 5.92 Å². The van der Waals surface area contributed by atoms with Gasteiger partial charge in [0, 0.05) is 38.5 Å². The molecule has 1 aromatic carbocycles. The van der Waals surface area contributed by atoms with Crippen LogP contribution in [-0.4, -0.2) is 49.7 Å². The number of urea groups is 1. The molecule has 1 aliphatic rings. The number of carbonyl (C=O) groups excluding carboxylic acids is 2. The molecule has 1 saturated heterocycles. The predicted molar refractivity (Wildman–Crippen MR) is 93.8 cm³/mol. The number of anilines is 1. The summed E-state index contributed by atoms with van der Waals surface area (Å²) in [6.45, 7) is 4.83. The van der Waals surface area contributed by atoms with Crippen LogP contribution in [0.25, 0.3) is 0 Å². The molecule has 0 aromatic heterocycles. The number of nitrogens with zero attached hydrogens (tertiary/aromatic N) is 1. The Morgan fingerprint density at radius 2 is 2.08 bits per heavy atom. The van der Waals surface area contributed by atoms with Gasteiger partial charge in [-0.3, -0.25) is 4.79 Å². The molecule has 0 aliphatic carbocycles. The van der Waals surface area contributed by atoms with Crippen LogP contribution >= 0.6 is 0 Å². The van der Waals surface area contributed by atoms with Crippen LogP contribution in [0.2, 0.25) is 0 Å². The largest absolute Gasteiger partial charge is 0.382 e. The summed E-state index contributed by atoms with van der Waals surface area (Å²) in [5.41, 5.74) is 0.536. The van der Waals surface area contributed by atoms with E-state index in [-0.39, 0.29) is 23.7 Å². The van der Waals surface area contributed by atoms with Crippen LogP contribution in [0, 0.1) is 11.7 Å². The highest BCUT2D eigenvalue weighted by molar-refractivity contribution is 5.90. The third-order valence-corrected chi connectivity index (χ3v) is 4.14. The zero-order valence-electron chi connectivity index (χ0n) is 14.6. The van der Waals surface area contributed by atoms with Crippen molar-refractivity contribution < 1.29 is 18.7 Å². The van der Waals surface area contributed by atoms with Gasteiger partial charge in [0.15, 0.2) is 0 Å². The Morgan fingerprint density at radius 3 is 2.80 bits per heavy atom. The van der Waals surface area contributed by atoms with E-state index in [2.05, 4.69) is 10.6 Å². The fraction of sp³-hybridized carbons (Fsp3) is 0.556. The van der Waals surface area contributed by atoms with Crippen molar-refractivity contribution in [2.75, 3.05) is 38.2 Å². The fourth-order valence-corrected chi connectivity index (χ4v) is 2.79. The molecule has 6 nitrogen and oxygen atoms in total. The highest BCUT2D eigenvalue weighted by Gasteiger charge is 2.28. The van der Waals surface area contributed by atoms with Crippen LogP contribution in [0.4, 0.5) is 14.9 Å². The summed E-state index contributed by atoms with van der Waals surface area (Å²) >= 11 is 0. The molecule has 2 rings (SSSR count). The van der Waals surface area contributed by atoms with E-state index < -0.39 is 0 Å². The second-order valence-corrected chi connectivity index (χ2v) is 6.06. The molecule has 1 aliphatic heterocycles. The van der Waals surface area contributed by atoms with Gasteiger partial charge in [-0.05, 0) is 50.5 Å². The zero-order chi connectivity index (χ0) is 18.1. The normalized spacial score (nSPS) is 17.2. The van der Waals surface area contributed by atoms with Gasteiger partial charge in [0.1, 0.15) is 5.82 Å². The second-order valence-electron chi connectivity index (χ2n) is 6.06. The maximum absolute atomic E-state index is 12.9. The third-order valence-electron chi connectivity index (χ3n) is 4.14. The van der Waals surface area contributed by atoms with Gasteiger partial charge in [0.25, 0.3) is 0 Å². The van der Waals surface area contributed by atoms with Crippen molar-refractivity contribution in [1.82, 2.24) is 10.2 Å². The van der Waals surface area contributed by atoms with Gasteiger partial charge in [-0.15, -0.1) is 0 Å². The molecule has 1 atom stereocenters. The first kappa shape index (κ1) is 19.2. The van der Waals surface area contributed by atoms with E-state index in [4.69, 9.17) is 4.74 Å². The van der Waals surface area contributed by atoms with E-state index in [1.54, 1.807) is 4.90 Å². The molecule has 7 heteroatoms. The number of carbonyl (C=O) groups is 2. The summed E-state index contributed by atoms with van der Waals surface area (Å²) in [7, 11) is 0. The van der Waals surface area contributed by atoms with Crippen molar-refractivity contribution >= 4 is 17.6 Å². The molecule has 0 spiro atoms. The lowest BCUT2D eigenvalue weighted by Crippen LogP contribution is -2.47. The molecule has 2 N–H and O–H groups in total. The number of hydrogen-bond acceptors (Lipinski definition) is 3. The number of amides is 3. The minimum absolute atomic E-state index is 0.0178. The maximum atomic E-state index is 12.9. The van der Waals surface area contributed by atoms with Crippen molar-refractivity contribution in [3.05, 3.63) is 30.1 Å². The van der Waals surface area contributed by atoms with Crippen LogP contribution in [0.3, 0.4) is 0 Å². The van der Waals surface area contributed by atoms with Crippen molar-refractivity contribution in [2.24, 2.45) is 5.92 Å². The molecular formula is C18H26FN3O3. The SMILES string of the molecule is CCOCCCNC(=O)C1CCCN(C(=O)Nc2ccc(F)cc2)C1. The molecule has 25 heavy (non-hydrogen) atoms. The third kappa shape index (κ3) is 6.34.